The molecule has 5 aliphatic carbocycles. The molecule has 1 amide bonds. The van der Waals surface area contributed by atoms with Crippen molar-refractivity contribution >= 4 is 17.8 Å². The number of likely N-dealkylation sites (tertiary alicyclic amines) is 2. The van der Waals surface area contributed by atoms with E-state index >= 15 is 0 Å². The molecule has 0 aromatic heterocycles. The summed E-state index contributed by atoms with van der Waals surface area (Å²) in [5.41, 5.74) is 0.693. The number of carboxylic acids is 1. The Balaban J connectivity index is 1.10. The molecule has 292 valence electrons. The zero-order chi connectivity index (χ0) is 37.6. The summed E-state index contributed by atoms with van der Waals surface area (Å²) in [6.07, 6.45) is 15.6. The molecule has 7 heteroatoms. The lowest BCUT2D eigenvalue weighted by atomic mass is 9.32. The molecule has 0 spiro atoms. The van der Waals surface area contributed by atoms with Gasteiger partial charge in [0.2, 0.25) is 5.91 Å². The van der Waals surface area contributed by atoms with Crippen LogP contribution in [0.25, 0.3) is 0 Å². The van der Waals surface area contributed by atoms with Gasteiger partial charge in [0.15, 0.2) is 0 Å². The largest absolute Gasteiger partial charge is 0.481 e. The highest BCUT2D eigenvalue weighted by molar-refractivity contribution is 5.81. The number of allylic oxidation sites excluding steroid dienone is 1. The van der Waals surface area contributed by atoms with Crippen LogP contribution in [0.4, 0.5) is 0 Å². The van der Waals surface area contributed by atoms with Crippen molar-refractivity contribution in [1.82, 2.24) is 9.80 Å². The summed E-state index contributed by atoms with van der Waals surface area (Å²) in [7, 11) is 0. The SMILES string of the molecule is C=C(C)[C@@H]1CC[C@]2(CC(=O)N3CC[C@H](N4CCCC4)C3)CC[C@]3(C)[C@H](CC[C@@H]4[C@@]5(C)CC[C@H](OC(=O)CC(C)(C)C(=O)O)C(C)(C)[C@@H]5CC[C@]43C)[C@@H]12. The molecule has 2 saturated heterocycles. The van der Waals surface area contributed by atoms with Crippen molar-refractivity contribution < 1.29 is 24.2 Å². The maximum Gasteiger partial charge on any atom is 0.309 e. The molecule has 7 rings (SSSR count). The predicted molar refractivity (Wildman–Crippen MR) is 205 cm³/mol. The predicted octanol–water partition coefficient (Wildman–Crippen LogP) is 9.14. The van der Waals surface area contributed by atoms with E-state index in [9.17, 15) is 19.5 Å². The number of hydrogen-bond acceptors (Lipinski definition) is 5. The maximum atomic E-state index is 14.3. The standard InChI is InChI=1S/C45H72N2O5/c1-29(2)31-14-20-45(26-36(48)47-25-17-30(28-47)46-23-10-11-24-46)22-21-43(8)32(38(31)45)12-13-34-42(7)18-16-35(52-37(49)27-40(3,4)39(50)51)41(5,6)33(42)15-19-44(34,43)9/h30-35,38H,1,10-28H2,2-9H3,(H,50,51)/t30-,31-,32+,33-,34+,35-,38+,42-,43+,44+,45+/m0/s1. The van der Waals surface area contributed by atoms with Gasteiger partial charge in [0.05, 0.1) is 11.8 Å². The number of nitrogens with zero attached hydrogens (tertiary/aromatic N) is 2. The average molecular weight is 721 g/mol. The van der Waals surface area contributed by atoms with E-state index in [-0.39, 0.29) is 45.6 Å². The Morgan fingerprint density at radius 2 is 1.54 bits per heavy atom. The van der Waals surface area contributed by atoms with Crippen molar-refractivity contribution in [2.45, 2.75) is 164 Å². The lowest BCUT2D eigenvalue weighted by Crippen LogP contribution is -2.67. The van der Waals surface area contributed by atoms with Gasteiger partial charge >= 0.3 is 11.9 Å². The van der Waals surface area contributed by atoms with Crippen molar-refractivity contribution in [1.29, 1.82) is 0 Å². The third kappa shape index (κ3) is 5.85. The zero-order valence-corrected chi connectivity index (χ0v) is 34.2. The van der Waals surface area contributed by atoms with Gasteiger partial charge < -0.3 is 14.7 Å². The minimum atomic E-state index is -1.14. The zero-order valence-electron chi connectivity index (χ0n) is 34.2. The Morgan fingerprint density at radius 3 is 2.21 bits per heavy atom. The normalized spacial score (nSPS) is 44.3. The summed E-state index contributed by atoms with van der Waals surface area (Å²) in [6, 6.07) is 0.559. The Bertz CT molecular complexity index is 1450. The van der Waals surface area contributed by atoms with Gasteiger partial charge in [0, 0.05) is 31.0 Å². The quantitative estimate of drug-likeness (QED) is 0.199. The minimum absolute atomic E-state index is 0.0973. The fraction of sp³-hybridized carbons (Fsp3) is 0.889. The van der Waals surface area contributed by atoms with Crippen LogP contribution in [0.5, 0.6) is 0 Å². The number of esters is 1. The minimum Gasteiger partial charge on any atom is -0.481 e. The maximum absolute atomic E-state index is 14.3. The number of carbonyl (C=O) groups is 3. The Hall–Kier alpha value is -1.89. The van der Waals surface area contributed by atoms with Crippen LogP contribution < -0.4 is 0 Å². The van der Waals surface area contributed by atoms with Crippen molar-refractivity contribution in [2.24, 2.45) is 62.1 Å². The molecule has 5 saturated carbocycles. The van der Waals surface area contributed by atoms with Crippen LogP contribution in [-0.2, 0) is 19.1 Å². The van der Waals surface area contributed by atoms with Crippen molar-refractivity contribution in [3.8, 4) is 0 Å². The molecule has 0 bridgehead atoms. The van der Waals surface area contributed by atoms with Gasteiger partial charge in [-0.05, 0) is 169 Å². The summed E-state index contributed by atoms with van der Waals surface area (Å²) >= 11 is 0. The van der Waals surface area contributed by atoms with E-state index in [1.54, 1.807) is 13.8 Å². The molecule has 2 aliphatic heterocycles. The molecule has 7 fully saturated rings. The van der Waals surface area contributed by atoms with Crippen LogP contribution in [0.3, 0.4) is 0 Å². The second-order valence-electron chi connectivity index (χ2n) is 21.5. The first-order chi connectivity index (χ1) is 24.3. The van der Waals surface area contributed by atoms with Crippen molar-refractivity contribution in [3.05, 3.63) is 12.2 Å². The molecule has 7 aliphatic rings. The molecule has 0 aromatic carbocycles. The van der Waals surface area contributed by atoms with E-state index in [4.69, 9.17) is 4.74 Å². The van der Waals surface area contributed by atoms with E-state index in [1.807, 2.05) is 0 Å². The number of carboxylic acid groups (broad SMARTS) is 1. The first-order valence-electron chi connectivity index (χ1n) is 21.4. The highest BCUT2D eigenvalue weighted by atomic mass is 16.5. The van der Waals surface area contributed by atoms with Gasteiger partial charge in [-0.2, -0.15) is 0 Å². The third-order valence-electron chi connectivity index (χ3n) is 18.3. The van der Waals surface area contributed by atoms with Crippen LogP contribution in [0.2, 0.25) is 0 Å². The average Bonchev–Trinajstić information content (AvgIpc) is 3.83. The van der Waals surface area contributed by atoms with Crippen LogP contribution in [0.1, 0.15) is 152 Å². The van der Waals surface area contributed by atoms with Crippen LogP contribution in [-0.4, -0.2) is 71.1 Å². The van der Waals surface area contributed by atoms with Gasteiger partial charge in [-0.1, -0.05) is 46.8 Å². The summed E-state index contributed by atoms with van der Waals surface area (Å²) in [5.74, 6) is 1.78. The van der Waals surface area contributed by atoms with Crippen LogP contribution in [0, 0.1) is 62.1 Å². The van der Waals surface area contributed by atoms with Gasteiger partial charge in [-0.3, -0.25) is 19.3 Å². The van der Waals surface area contributed by atoms with Gasteiger partial charge in [-0.25, -0.2) is 0 Å². The number of carbonyl (C=O) groups excluding carboxylic acids is 2. The molecule has 0 aromatic rings. The summed E-state index contributed by atoms with van der Waals surface area (Å²) in [6.45, 7) is 26.9. The molecule has 11 atom stereocenters. The van der Waals surface area contributed by atoms with Gasteiger partial charge in [0.1, 0.15) is 6.10 Å². The summed E-state index contributed by atoms with van der Waals surface area (Å²) in [4.78, 5) is 44.1. The van der Waals surface area contributed by atoms with Crippen molar-refractivity contribution in [2.75, 3.05) is 26.2 Å². The number of rotatable bonds is 8. The molecule has 52 heavy (non-hydrogen) atoms. The number of fused-ring (bicyclic) bond motifs is 7. The monoisotopic (exact) mass is 721 g/mol. The van der Waals surface area contributed by atoms with Crippen LogP contribution in [0.15, 0.2) is 12.2 Å². The third-order valence-corrected chi connectivity index (χ3v) is 18.3. The summed E-state index contributed by atoms with van der Waals surface area (Å²) < 4.78 is 6.20. The fourth-order valence-electron chi connectivity index (χ4n) is 15.2. The van der Waals surface area contributed by atoms with E-state index in [0.717, 1.165) is 45.2 Å². The number of ether oxygens (including phenoxy) is 1. The highest BCUT2D eigenvalue weighted by Gasteiger charge is 2.71. The second-order valence-corrected chi connectivity index (χ2v) is 21.5. The molecule has 1 N–H and O–H groups in total. The Kier molecular flexibility index (Phi) is 9.68. The molecule has 0 radical (unpaired) electrons. The van der Waals surface area contributed by atoms with Crippen molar-refractivity contribution in [3.63, 3.8) is 0 Å². The lowest BCUT2D eigenvalue weighted by molar-refractivity contribution is -0.250. The smallest absolute Gasteiger partial charge is 0.309 e. The van der Waals surface area contributed by atoms with E-state index in [1.165, 1.54) is 76.5 Å². The Morgan fingerprint density at radius 1 is 0.827 bits per heavy atom. The first kappa shape index (κ1) is 38.4. The molecule has 0 unspecified atom stereocenters. The number of aliphatic carboxylic acids is 1. The summed E-state index contributed by atoms with van der Waals surface area (Å²) in [5, 5.41) is 9.63. The lowest BCUT2D eigenvalue weighted by Gasteiger charge is -2.73. The van der Waals surface area contributed by atoms with E-state index in [0.29, 0.717) is 41.5 Å². The fourth-order valence-corrected chi connectivity index (χ4v) is 15.2. The van der Waals surface area contributed by atoms with E-state index in [2.05, 4.69) is 57.9 Å². The molecular weight excluding hydrogens is 649 g/mol. The Labute approximate surface area is 315 Å². The number of amides is 1. The molecule has 7 nitrogen and oxygen atoms in total. The highest BCUT2D eigenvalue weighted by Crippen LogP contribution is 2.78. The molecular formula is C45H72N2O5. The van der Waals surface area contributed by atoms with Gasteiger partial charge in [-0.15, -0.1) is 0 Å². The van der Waals surface area contributed by atoms with Gasteiger partial charge in [0.25, 0.3) is 0 Å². The first-order valence-corrected chi connectivity index (χ1v) is 21.4. The number of hydrogen-bond donors (Lipinski definition) is 1. The second kappa shape index (κ2) is 13.1. The molecule has 2 heterocycles. The van der Waals surface area contributed by atoms with E-state index < -0.39 is 11.4 Å². The van der Waals surface area contributed by atoms with Crippen LogP contribution >= 0.6 is 0 Å². The topological polar surface area (TPSA) is 87.2 Å².